The molecule has 0 aliphatic rings. The summed E-state index contributed by atoms with van der Waals surface area (Å²) in [7, 11) is 4.27. The zero-order valence-corrected chi connectivity index (χ0v) is 12.6. The van der Waals surface area contributed by atoms with Gasteiger partial charge in [-0.2, -0.15) is 0 Å². The quantitative estimate of drug-likeness (QED) is 0.543. The Morgan fingerprint density at radius 3 is 2.29 bits per heavy atom. The van der Waals surface area contributed by atoms with Gasteiger partial charge in [0.15, 0.2) is 0 Å². The van der Waals surface area contributed by atoms with Crippen molar-refractivity contribution < 1.29 is 0 Å². The van der Waals surface area contributed by atoms with E-state index in [1.807, 2.05) is 7.05 Å². The van der Waals surface area contributed by atoms with Crippen molar-refractivity contribution in [1.29, 1.82) is 0 Å². The molecule has 0 radical (unpaired) electrons. The highest BCUT2D eigenvalue weighted by Gasteiger charge is 2.09. The molecule has 0 spiro atoms. The lowest BCUT2D eigenvalue weighted by Crippen LogP contribution is -2.41. The van der Waals surface area contributed by atoms with E-state index in [1.165, 1.54) is 32.4 Å². The smallest absolute Gasteiger partial charge is 0.0212 e. The molecule has 0 bridgehead atoms. The average Bonchev–Trinajstić information content (AvgIpc) is 2.30. The molecule has 0 saturated heterocycles. The fraction of sp³-hybridized carbons (Fsp3) is 1.00. The number of unbranched alkanes of at least 4 members (excludes halogenated alkanes) is 1. The molecule has 0 fully saturated rings. The van der Waals surface area contributed by atoms with Gasteiger partial charge in [0, 0.05) is 12.6 Å². The molecule has 0 heterocycles. The van der Waals surface area contributed by atoms with Crippen molar-refractivity contribution in [2.24, 2.45) is 5.92 Å². The normalized spacial score (nSPS) is 13.6. The van der Waals surface area contributed by atoms with Crippen molar-refractivity contribution in [3.63, 3.8) is 0 Å². The van der Waals surface area contributed by atoms with Crippen LogP contribution >= 0.6 is 0 Å². The van der Waals surface area contributed by atoms with Crippen LogP contribution in [-0.4, -0.2) is 51.2 Å². The monoisotopic (exact) mass is 243 g/mol. The number of hydrogen-bond acceptors (Lipinski definition) is 3. The Morgan fingerprint density at radius 2 is 1.76 bits per heavy atom. The van der Waals surface area contributed by atoms with E-state index in [-0.39, 0.29) is 0 Å². The molecule has 17 heavy (non-hydrogen) atoms. The van der Waals surface area contributed by atoms with Gasteiger partial charge < -0.3 is 15.5 Å². The van der Waals surface area contributed by atoms with E-state index < -0.39 is 0 Å². The summed E-state index contributed by atoms with van der Waals surface area (Å²) in [5.74, 6) is 0.694. The van der Waals surface area contributed by atoms with Crippen LogP contribution in [0.4, 0.5) is 0 Å². The van der Waals surface area contributed by atoms with Crippen LogP contribution in [0.25, 0.3) is 0 Å². The second kappa shape index (κ2) is 11.0. The minimum Gasteiger partial charge on any atom is -0.315 e. The first-order valence-electron chi connectivity index (χ1n) is 7.18. The number of likely N-dealkylation sites (N-methyl/N-ethyl adjacent to an activating group) is 1. The van der Waals surface area contributed by atoms with Crippen LogP contribution in [0.15, 0.2) is 0 Å². The molecule has 0 aliphatic carbocycles. The maximum Gasteiger partial charge on any atom is 0.0212 e. The minimum absolute atomic E-state index is 0.591. The number of rotatable bonds is 11. The zero-order chi connectivity index (χ0) is 13.1. The van der Waals surface area contributed by atoms with Crippen LogP contribution in [0, 0.1) is 5.92 Å². The van der Waals surface area contributed by atoms with Crippen molar-refractivity contribution in [3.8, 4) is 0 Å². The molecule has 0 amide bonds. The minimum atomic E-state index is 0.591. The molecule has 0 saturated carbocycles. The fourth-order valence-corrected chi connectivity index (χ4v) is 1.94. The highest BCUT2D eigenvalue weighted by Crippen LogP contribution is 1.99. The third kappa shape index (κ3) is 9.57. The maximum absolute atomic E-state index is 3.54. The first kappa shape index (κ1) is 16.9. The Labute approximate surface area is 108 Å². The summed E-state index contributed by atoms with van der Waals surface area (Å²) in [6, 6.07) is 0.591. The van der Waals surface area contributed by atoms with Gasteiger partial charge >= 0.3 is 0 Å². The molecule has 1 atom stereocenters. The summed E-state index contributed by atoms with van der Waals surface area (Å²) < 4.78 is 0. The molecule has 0 aromatic carbocycles. The highest BCUT2D eigenvalue weighted by molar-refractivity contribution is 4.71. The van der Waals surface area contributed by atoms with E-state index in [0.717, 1.165) is 13.1 Å². The van der Waals surface area contributed by atoms with E-state index >= 15 is 0 Å². The lowest BCUT2D eigenvalue weighted by molar-refractivity contribution is 0.318. The summed E-state index contributed by atoms with van der Waals surface area (Å²) in [6.07, 6.45) is 3.86. The van der Waals surface area contributed by atoms with Crippen LogP contribution in [0.3, 0.4) is 0 Å². The highest BCUT2D eigenvalue weighted by atomic mass is 15.1. The van der Waals surface area contributed by atoms with Gasteiger partial charge in [-0.15, -0.1) is 0 Å². The van der Waals surface area contributed by atoms with Crippen molar-refractivity contribution in [1.82, 2.24) is 15.5 Å². The standard InChI is InChI=1S/C14H33N3/c1-6-7-10-17(5)11-8-9-16-12-14(15-4)13(2)3/h13-16H,6-12H2,1-5H3. The van der Waals surface area contributed by atoms with Gasteiger partial charge in [0.25, 0.3) is 0 Å². The van der Waals surface area contributed by atoms with Crippen molar-refractivity contribution >= 4 is 0 Å². The summed E-state index contributed by atoms with van der Waals surface area (Å²) >= 11 is 0. The molecule has 3 nitrogen and oxygen atoms in total. The van der Waals surface area contributed by atoms with Gasteiger partial charge in [0.05, 0.1) is 0 Å². The predicted molar refractivity (Wildman–Crippen MR) is 77.6 cm³/mol. The van der Waals surface area contributed by atoms with E-state index in [2.05, 4.69) is 43.4 Å². The van der Waals surface area contributed by atoms with Gasteiger partial charge in [-0.1, -0.05) is 27.2 Å². The Bertz CT molecular complexity index is 160. The first-order valence-corrected chi connectivity index (χ1v) is 7.18. The van der Waals surface area contributed by atoms with Crippen LogP contribution in [0.5, 0.6) is 0 Å². The predicted octanol–water partition coefficient (Wildman–Crippen LogP) is 1.94. The van der Waals surface area contributed by atoms with Gasteiger partial charge in [0.1, 0.15) is 0 Å². The maximum atomic E-state index is 3.54. The van der Waals surface area contributed by atoms with Crippen molar-refractivity contribution in [2.45, 2.75) is 46.1 Å². The van der Waals surface area contributed by atoms with Crippen LogP contribution in [0.2, 0.25) is 0 Å². The Morgan fingerprint density at radius 1 is 1.12 bits per heavy atom. The second-order valence-corrected chi connectivity index (χ2v) is 5.35. The second-order valence-electron chi connectivity index (χ2n) is 5.35. The summed E-state index contributed by atoms with van der Waals surface area (Å²) in [4.78, 5) is 2.43. The molecular formula is C14H33N3. The van der Waals surface area contributed by atoms with Crippen LogP contribution in [-0.2, 0) is 0 Å². The number of nitrogens with zero attached hydrogens (tertiary/aromatic N) is 1. The number of nitrogens with one attached hydrogen (secondary N) is 2. The van der Waals surface area contributed by atoms with E-state index in [4.69, 9.17) is 0 Å². The zero-order valence-electron chi connectivity index (χ0n) is 12.6. The summed E-state index contributed by atoms with van der Waals surface area (Å²) in [5, 5.41) is 6.90. The van der Waals surface area contributed by atoms with Crippen molar-refractivity contribution in [2.75, 3.05) is 40.3 Å². The lowest BCUT2D eigenvalue weighted by Gasteiger charge is -2.21. The molecule has 2 N–H and O–H groups in total. The molecule has 0 aliphatic heterocycles. The third-order valence-electron chi connectivity index (χ3n) is 3.33. The average molecular weight is 243 g/mol. The topological polar surface area (TPSA) is 27.3 Å². The molecule has 104 valence electrons. The summed E-state index contributed by atoms with van der Waals surface area (Å²) in [5.41, 5.74) is 0. The Balaban J connectivity index is 3.39. The molecule has 1 unspecified atom stereocenters. The SMILES string of the molecule is CCCCN(C)CCCNCC(NC)C(C)C. The van der Waals surface area contributed by atoms with Crippen LogP contribution in [0.1, 0.15) is 40.0 Å². The Hall–Kier alpha value is -0.120. The van der Waals surface area contributed by atoms with Gasteiger partial charge in [-0.05, 0) is 52.5 Å². The van der Waals surface area contributed by atoms with E-state index in [0.29, 0.717) is 12.0 Å². The molecule has 0 rings (SSSR count). The molecule has 3 heteroatoms. The van der Waals surface area contributed by atoms with Crippen molar-refractivity contribution in [3.05, 3.63) is 0 Å². The van der Waals surface area contributed by atoms with E-state index in [9.17, 15) is 0 Å². The fourth-order valence-electron chi connectivity index (χ4n) is 1.94. The Kier molecular flexibility index (Phi) is 10.9. The first-order chi connectivity index (χ1) is 8.11. The van der Waals surface area contributed by atoms with E-state index in [1.54, 1.807) is 0 Å². The number of hydrogen-bond donors (Lipinski definition) is 2. The molecule has 0 aromatic rings. The lowest BCUT2D eigenvalue weighted by atomic mass is 10.1. The third-order valence-corrected chi connectivity index (χ3v) is 3.33. The van der Waals surface area contributed by atoms with Gasteiger partial charge in [-0.3, -0.25) is 0 Å². The summed E-state index contributed by atoms with van der Waals surface area (Å²) in [6.45, 7) is 11.4. The van der Waals surface area contributed by atoms with Gasteiger partial charge in [-0.25, -0.2) is 0 Å². The largest absolute Gasteiger partial charge is 0.315 e. The molecule has 0 aromatic heterocycles. The van der Waals surface area contributed by atoms with Gasteiger partial charge in [0.2, 0.25) is 0 Å². The molecular weight excluding hydrogens is 210 g/mol. The van der Waals surface area contributed by atoms with Crippen LogP contribution < -0.4 is 10.6 Å².